The lowest BCUT2D eigenvalue weighted by Crippen LogP contribution is -2.57. The van der Waals surface area contributed by atoms with E-state index in [1.165, 1.54) is 19.3 Å². The Hall–Kier alpha value is -0.610. The highest BCUT2D eigenvalue weighted by atomic mass is 16.1. The second-order valence-electron chi connectivity index (χ2n) is 4.29. The van der Waals surface area contributed by atoms with E-state index < -0.39 is 0 Å². The van der Waals surface area contributed by atoms with E-state index in [1.807, 2.05) is 0 Å². The van der Waals surface area contributed by atoms with Crippen LogP contribution in [0.3, 0.4) is 0 Å². The van der Waals surface area contributed by atoms with Gasteiger partial charge >= 0.3 is 0 Å². The molecule has 4 heteroatoms. The molecular formula is C10H21N3O. The Balaban J connectivity index is 2.31. The van der Waals surface area contributed by atoms with Gasteiger partial charge in [-0.15, -0.1) is 0 Å². The fourth-order valence-electron chi connectivity index (χ4n) is 1.85. The van der Waals surface area contributed by atoms with Crippen LogP contribution < -0.4 is 11.1 Å². The molecule has 0 aliphatic heterocycles. The van der Waals surface area contributed by atoms with Crippen LogP contribution in [0.1, 0.15) is 25.7 Å². The SMILES string of the molecule is CN(C)C1(CNC(=O)CCN)CCC1. The van der Waals surface area contributed by atoms with Crippen molar-refractivity contribution in [2.24, 2.45) is 5.73 Å². The van der Waals surface area contributed by atoms with E-state index >= 15 is 0 Å². The number of carbonyl (C=O) groups excluding carboxylic acids is 1. The van der Waals surface area contributed by atoms with E-state index in [0.29, 0.717) is 13.0 Å². The maximum atomic E-state index is 11.2. The van der Waals surface area contributed by atoms with Crippen molar-refractivity contribution < 1.29 is 4.79 Å². The molecule has 0 unspecified atom stereocenters. The second kappa shape index (κ2) is 4.75. The van der Waals surface area contributed by atoms with Crippen molar-refractivity contribution in [3.8, 4) is 0 Å². The van der Waals surface area contributed by atoms with Crippen molar-refractivity contribution in [1.82, 2.24) is 10.2 Å². The number of amides is 1. The zero-order valence-electron chi connectivity index (χ0n) is 9.18. The molecule has 14 heavy (non-hydrogen) atoms. The molecule has 0 spiro atoms. The van der Waals surface area contributed by atoms with Crippen LogP contribution in [0.25, 0.3) is 0 Å². The van der Waals surface area contributed by atoms with E-state index in [-0.39, 0.29) is 11.4 Å². The van der Waals surface area contributed by atoms with Crippen molar-refractivity contribution in [2.75, 3.05) is 27.2 Å². The van der Waals surface area contributed by atoms with Crippen molar-refractivity contribution in [3.05, 3.63) is 0 Å². The van der Waals surface area contributed by atoms with E-state index in [9.17, 15) is 4.79 Å². The average molecular weight is 199 g/mol. The first-order valence-electron chi connectivity index (χ1n) is 5.25. The molecule has 1 aliphatic carbocycles. The summed E-state index contributed by atoms with van der Waals surface area (Å²) in [6, 6.07) is 0. The lowest BCUT2D eigenvalue weighted by atomic mass is 9.75. The maximum absolute atomic E-state index is 11.2. The third-order valence-electron chi connectivity index (χ3n) is 3.22. The number of likely N-dealkylation sites (N-methyl/N-ethyl adjacent to an activating group) is 1. The van der Waals surface area contributed by atoms with Gasteiger partial charge in [0.1, 0.15) is 0 Å². The molecule has 0 radical (unpaired) electrons. The highest BCUT2D eigenvalue weighted by molar-refractivity contribution is 5.76. The molecule has 0 heterocycles. The number of nitrogens with zero attached hydrogens (tertiary/aromatic N) is 1. The first kappa shape index (κ1) is 11.5. The first-order valence-corrected chi connectivity index (χ1v) is 5.25. The van der Waals surface area contributed by atoms with Gasteiger partial charge in [-0.2, -0.15) is 0 Å². The smallest absolute Gasteiger partial charge is 0.221 e. The van der Waals surface area contributed by atoms with E-state index in [4.69, 9.17) is 5.73 Å². The lowest BCUT2D eigenvalue weighted by Gasteiger charge is -2.47. The van der Waals surface area contributed by atoms with E-state index in [1.54, 1.807) is 0 Å². The number of rotatable bonds is 5. The predicted octanol–water partition coefficient (Wildman–Crippen LogP) is -0.0643. The number of nitrogens with one attached hydrogen (secondary N) is 1. The molecule has 3 N–H and O–H groups in total. The predicted molar refractivity (Wildman–Crippen MR) is 57.0 cm³/mol. The molecule has 1 saturated carbocycles. The van der Waals surface area contributed by atoms with Gasteiger partial charge in [0.15, 0.2) is 0 Å². The summed E-state index contributed by atoms with van der Waals surface area (Å²) in [5.41, 5.74) is 5.52. The van der Waals surface area contributed by atoms with Crippen LogP contribution in [0, 0.1) is 0 Å². The molecule has 1 aliphatic rings. The van der Waals surface area contributed by atoms with Crippen LogP contribution in [0.5, 0.6) is 0 Å². The molecule has 1 rings (SSSR count). The molecule has 1 fully saturated rings. The topological polar surface area (TPSA) is 58.4 Å². The summed E-state index contributed by atoms with van der Waals surface area (Å²) in [6.45, 7) is 1.19. The first-order chi connectivity index (χ1) is 6.60. The standard InChI is InChI=1S/C10H21N3O/c1-13(2)10(5-3-6-10)8-12-9(14)4-7-11/h3-8,11H2,1-2H3,(H,12,14). The third-order valence-corrected chi connectivity index (χ3v) is 3.22. The van der Waals surface area contributed by atoms with Crippen LogP contribution in [-0.4, -0.2) is 43.5 Å². The normalized spacial score (nSPS) is 19.1. The Kier molecular flexibility index (Phi) is 3.89. The van der Waals surface area contributed by atoms with Gasteiger partial charge in [0, 0.05) is 25.0 Å². The van der Waals surface area contributed by atoms with Crippen LogP contribution in [0.4, 0.5) is 0 Å². The highest BCUT2D eigenvalue weighted by Gasteiger charge is 2.38. The number of carbonyl (C=O) groups is 1. The Labute approximate surface area is 85.8 Å². The highest BCUT2D eigenvalue weighted by Crippen LogP contribution is 2.35. The molecule has 0 aromatic heterocycles. The van der Waals surface area contributed by atoms with Gasteiger partial charge in [-0.05, 0) is 33.4 Å². The van der Waals surface area contributed by atoms with Crippen molar-refractivity contribution >= 4 is 5.91 Å². The van der Waals surface area contributed by atoms with E-state index in [0.717, 1.165) is 6.54 Å². The molecular weight excluding hydrogens is 178 g/mol. The molecule has 4 nitrogen and oxygen atoms in total. The zero-order valence-corrected chi connectivity index (χ0v) is 9.18. The molecule has 0 aromatic rings. The van der Waals surface area contributed by atoms with Crippen molar-refractivity contribution in [1.29, 1.82) is 0 Å². The zero-order chi connectivity index (χ0) is 10.6. The number of hydrogen-bond donors (Lipinski definition) is 2. The summed E-state index contributed by atoms with van der Waals surface area (Å²) in [5, 5.41) is 2.95. The van der Waals surface area contributed by atoms with Crippen LogP contribution in [0.2, 0.25) is 0 Å². The summed E-state index contributed by atoms with van der Waals surface area (Å²) in [6.07, 6.45) is 4.07. The van der Waals surface area contributed by atoms with Gasteiger partial charge in [0.05, 0.1) is 0 Å². The average Bonchev–Trinajstić information content (AvgIpc) is 2.02. The summed E-state index contributed by atoms with van der Waals surface area (Å²) in [4.78, 5) is 13.5. The van der Waals surface area contributed by atoms with Gasteiger partial charge in [-0.25, -0.2) is 0 Å². The third kappa shape index (κ3) is 2.45. The second-order valence-corrected chi connectivity index (χ2v) is 4.29. The molecule has 0 aromatic carbocycles. The molecule has 0 bridgehead atoms. The van der Waals surface area contributed by atoms with Gasteiger partial charge in [0.25, 0.3) is 0 Å². The minimum Gasteiger partial charge on any atom is -0.354 e. The maximum Gasteiger partial charge on any atom is 0.221 e. The van der Waals surface area contributed by atoms with E-state index in [2.05, 4.69) is 24.3 Å². The van der Waals surface area contributed by atoms with Gasteiger partial charge in [-0.1, -0.05) is 0 Å². The van der Waals surface area contributed by atoms with Crippen LogP contribution in [-0.2, 0) is 4.79 Å². The Morgan fingerprint density at radius 1 is 1.50 bits per heavy atom. The fourth-order valence-corrected chi connectivity index (χ4v) is 1.85. The Morgan fingerprint density at radius 2 is 2.14 bits per heavy atom. The van der Waals surface area contributed by atoms with Gasteiger partial charge in [0.2, 0.25) is 5.91 Å². The minimum atomic E-state index is 0.0700. The monoisotopic (exact) mass is 199 g/mol. The van der Waals surface area contributed by atoms with Crippen molar-refractivity contribution in [3.63, 3.8) is 0 Å². The molecule has 1 amide bonds. The molecule has 0 saturated heterocycles. The summed E-state index contributed by atoms with van der Waals surface area (Å²) < 4.78 is 0. The van der Waals surface area contributed by atoms with Gasteiger partial charge < -0.3 is 16.0 Å². The molecule has 0 atom stereocenters. The lowest BCUT2D eigenvalue weighted by molar-refractivity contribution is -0.121. The van der Waals surface area contributed by atoms with Gasteiger partial charge in [-0.3, -0.25) is 4.79 Å². The summed E-state index contributed by atoms with van der Waals surface area (Å²) in [5.74, 6) is 0.0700. The Morgan fingerprint density at radius 3 is 2.50 bits per heavy atom. The number of hydrogen-bond acceptors (Lipinski definition) is 3. The summed E-state index contributed by atoms with van der Waals surface area (Å²) in [7, 11) is 4.16. The van der Waals surface area contributed by atoms with Crippen LogP contribution in [0.15, 0.2) is 0 Å². The Bertz CT molecular complexity index is 200. The fraction of sp³-hybridized carbons (Fsp3) is 0.900. The number of nitrogens with two attached hydrogens (primary N) is 1. The molecule has 82 valence electrons. The summed E-state index contributed by atoms with van der Waals surface area (Å²) >= 11 is 0. The van der Waals surface area contributed by atoms with Crippen molar-refractivity contribution in [2.45, 2.75) is 31.2 Å². The quantitative estimate of drug-likeness (QED) is 0.652. The minimum absolute atomic E-state index is 0.0700. The van der Waals surface area contributed by atoms with Crippen LogP contribution >= 0.6 is 0 Å². The largest absolute Gasteiger partial charge is 0.354 e.